The second-order valence-corrected chi connectivity index (χ2v) is 7.17. The van der Waals surface area contributed by atoms with E-state index in [2.05, 4.69) is 0 Å². The number of hydrogen-bond donors (Lipinski definition) is 0. The molecule has 0 aliphatic heterocycles. The molecule has 0 heterocycles. The summed E-state index contributed by atoms with van der Waals surface area (Å²) in [5.41, 5.74) is -4.12. The van der Waals surface area contributed by atoms with E-state index in [1.54, 1.807) is 36.4 Å². The highest BCUT2D eigenvalue weighted by molar-refractivity contribution is 14.1. The summed E-state index contributed by atoms with van der Waals surface area (Å²) in [5, 5.41) is 0. The topological polar surface area (TPSA) is 0 Å². The SMILES string of the molecule is Cc1ccc(C(c2ccc(C)c(I)c2)(C(F)(F)F)C(F)(F)F)cc1C. The van der Waals surface area contributed by atoms with Crippen LogP contribution in [0.1, 0.15) is 27.8 Å². The number of benzene rings is 2. The Kier molecular flexibility index (Phi) is 5.20. The Morgan fingerprint density at radius 2 is 1.08 bits per heavy atom. The molecule has 25 heavy (non-hydrogen) atoms. The molecule has 0 unspecified atom stereocenters. The first-order chi connectivity index (χ1) is 11.3. The lowest BCUT2D eigenvalue weighted by Crippen LogP contribution is -2.54. The fraction of sp³-hybridized carbons (Fsp3) is 0.333. The molecule has 0 saturated carbocycles. The minimum absolute atomic E-state index is 0.344. The van der Waals surface area contributed by atoms with Crippen LogP contribution in [0.2, 0.25) is 0 Å². The quantitative estimate of drug-likeness (QED) is 0.340. The van der Waals surface area contributed by atoms with E-state index in [9.17, 15) is 26.3 Å². The fourth-order valence-electron chi connectivity index (χ4n) is 2.78. The van der Waals surface area contributed by atoms with Gasteiger partial charge in [0.1, 0.15) is 0 Å². The van der Waals surface area contributed by atoms with Crippen molar-refractivity contribution in [3.63, 3.8) is 0 Å². The minimum Gasteiger partial charge on any atom is -0.169 e. The summed E-state index contributed by atoms with van der Waals surface area (Å²) in [6.07, 6.45) is -11.1. The van der Waals surface area contributed by atoms with Crippen molar-refractivity contribution in [2.75, 3.05) is 0 Å². The number of aryl methyl sites for hydroxylation is 3. The Labute approximate surface area is 155 Å². The lowest BCUT2D eigenvalue weighted by molar-refractivity contribution is -0.288. The van der Waals surface area contributed by atoms with E-state index in [1.807, 2.05) is 0 Å². The smallest absolute Gasteiger partial charge is 0.169 e. The lowest BCUT2D eigenvalue weighted by Gasteiger charge is -2.38. The van der Waals surface area contributed by atoms with Crippen LogP contribution in [0.4, 0.5) is 26.3 Å². The van der Waals surface area contributed by atoms with Gasteiger partial charge in [-0.05, 0) is 77.2 Å². The van der Waals surface area contributed by atoms with Crippen molar-refractivity contribution in [1.29, 1.82) is 0 Å². The Morgan fingerprint density at radius 1 is 0.640 bits per heavy atom. The predicted molar refractivity (Wildman–Crippen MR) is 92.7 cm³/mol. The highest BCUT2D eigenvalue weighted by Gasteiger charge is 2.72. The molecule has 0 amide bonds. The molecule has 0 nitrogen and oxygen atoms in total. The number of alkyl halides is 6. The van der Waals surface area contributed by atoms with Gasteiger partial charge >= 0.3 is 12.4 Å². The molecule has 0 bridgehead atoms. The van der Waals surface area contributed by atoms with Gasteiger partial charge in [-0.1, -0.05) is 30.3 Å². The van der Waals surface area contributed by atoms with Gasteiger partial charge in [-0.2, -0.15) is 26.3 Å². The maximum atomic E-state index is 14.0. The standard InChI is InChI=1S/C18H15F6I/c1-10-4-6-13(8-12(10)3)16(17(19,20)21,18(22,23)24)14-7-5-11(2)15(25)9-14/h4-9H,1-3H3. The molecule has 2 aromatic carbocycles. The molecule has 0 aliphatic rings. The molecule has 2 aromatic rings. The van der Waals surface area contributed by atoms with Crippen LogP contribution < -0.4 is 0 Å². The van der Waals surface area contributed by atoms with E-state index >= 15 is 0 Å². The van der Waals surface area contributed by atoms with Crippen molar-refractivity contribution in [1.82, 2.24) is 0 Å². The monoisotopic (exact) mass is 472 g/mol. The number of halogens is 7. The predicted octanol–water partition coefficient (Wildman–Crippen LogP) is 6.63. The second-order valence-electron chi connectivity index (χ2n) is 6.01. The maximum Gasteiger partial charge on any atom is 0.411 e. The minimum atomic E-state index is -5.55. The normalized spacial score (nSPS) is 13.2. The van der Waals surface area contributed by atoms with Crippen LogP contribution >= 0.6 is 22.6 Å². The zero-order chi connectivity index (χ0) is 19.2. The molecule has 0 saturated heterocycles. The fourth-order valence-corrected chi connectivity index (χ4v) is 3.30. The first-order valence-corrected chi connectivity index (χ1v) is 8.38. The Morgan fingerprint density at radius 3 is 1.48 bits per heavy atom. The van der Waals surface area contributed by atoms with Crippen LogP contribution in [0.5, 0.6) is 0 Å². The average Bonchev–Trinajstić information content (AvgIpc) is 2.44. The van der Waals surface area contributed by atoms with Gasteiger partial charge in [-0.3, -0.25) is 0 Å². The summed E-state index contributed by atoms with van der Waals surface area (Å²) >= 11 is 1.74. The van der Waals surface area contributed by atoms with Gasteiger partial charge in [0.25, 0.3) is 0 Å². The molecule has 2 rings (SSSR count). The lowest BCUT2D eigenvalue weighted by atomic mass is 9.72. The van der Waals surface area contributed by atoms with Crippen LogP contribution in [0.15, 0.2) is 36.4 Å². The van der Waals surface area contributed by atoms with Crippen LogP contribution in [0, 0.1) is 24.3 Å². The third-order valence-electron chi connectivity index (χ3n) is 4.40. The second kappa shape index (κ2) is 6.48. The first-order valence-electron chi connectivity index (χ1n) is 7.30. The van der Waals surface area contributed by atoms with Crippen molar-refractivity contribution in [2.45, 2.75) is 38.5 Å². The molecule has 0 spiro atoms. The molecule has 0 radical (unpaired) electrons. The van der Waals surface area contributed by atoms with Gasteiger partial charge < -0.3 is 0 Å². The Balaban J connectivity index is 2.96. The summed E-state index contributed by atoms with van der Waals surface area (Å²) < 4.78 is 84.3. The molecule has 0 aromatic heterocycles. The van der Waals surface area contributed by atoms with Gasteiger partial charge in [0, 0.05) is 3.57 Å². The van der Waals surface area contributed by atoms with Gasteiger partial charge in [0.2, 0.25) is 5.41 Å². The molecular weight excluding hydrogens is 457 g/mol. The molecule has 136 valence electrons. The Hall–Kier alpha value is -1.25. The van der Waals surface area contributed by atoms with Crippen LogP contribution in [0.25, 0.3) is 0 Å². The highest BCUT2D eigenvalue weighted by Crippen LogP contribution is 2.56. The van der Waals surface area contributed by atoms with Crippen molar-refractivity contribution in [2.24, 2.45) is 0 Å². The molecule has 7 heteroatoms. The molecule has 0 N–H and O–H groups in total. The van der Waals surface area contributed by atoms with Crippen molar-refractivity contribution < 1.29 is 26.3 Å². The van der Waals surface area contributed by atoms with Crippen molar-refractivity contribution >= 4 is 22.6 Å². The third-order valence-corrected chi connectivity index (χ3v) is 5.56. The average molecular weight is 472 g/mol. The summed E-state index contributed by atoms with van der Waals surface area (Å²) in [6.45, 7) is 4.76. The zero-order valence-corrected chi connectivity index (χ0v) is 15.8. The first kappa shape index (κ1) is 20.1. The molecular formula is C18H15F6I. The largest absolute Gasteiger partial charge is 0.411 e. The Bertz CT molecular complexity index is 722. The summed E-state index contributed by atoms with van der Waals surface area (Å²) in [6, 6.07) is 6.33. The molecule has 0 aliphatic carbocycles. The molecule has 0 fully saturated rings. The maximum absolute atomic E-state index is 14.0. The van der Waals surface area contributed by atoms with Gasteiger partial charge in [0.15, 0.2) is 0 Å². The van der Waals surface area contributed by atoms with E-state index < -0.39 is 28.9 Å². The summed E-state index contributed by atoms with van der Waals surface area (Å²) in [4.78, 5) is 0. The van der Waals surface area contributed by atoms with Gasteiger partial charge in [-0.25, -0.2) is 0 Å². The van der Waals surface area contributed by atoms with Crippen LogP contribution in [0.3, 0.4) is 0 Å². The van der Waals surface area contributed by atoms with E-state index in [-0.39, 0.29) is 0 Å². The van der Waals surface area contributed by atoms with E-state index in [4.69, 9.17) is 0 Å². The van der Waals surface area contributed by atoms with Crippen molar-refractivity contribution in [3.8, 4) is 0 Å². The van der Waals surface area contributed by atoms with Crippen molar-refractivity contribution in [3.05, 3.63) is 67.8 Å². The van der Waals surface area contributed by atoms with Crippen LogP contribution in [-0.4, -0.2) is 12.4 Å². The summed E-state index contributed by atoms with van der Waals surface area (Å²) in [7, 11) is 0. The number of hydrogen-bond acceptors (Lipinski definition) is 0. The van der Waals surface area contributed by atoms with Gasteiger partial charge in [0.05, 0.1) is 0 Å². The highest BCUT2D eigenvalue weighted by atomic mass is 127. The van der Waals surface area contributed by atoms with E-state index in [0.717, 1.165) is 24.3 Å². The van der Waals surface area contributed by atoms with Gasteiger partial charge in [-0.15, -0.1) is 0 Å². The van der Waals surface area contributed by atoms with E-state index in [0.29, 0.717) is 20.3 Å². The third kappa shape index (κ3) is 3.27. The summed E-state index contributed by atoms with van der Waals surface area (Å²) in [5.74, 6) is 0. The zero-order valence-electron chi connectivity index (χ0n) is 13.6. The van der Waals surface area contributed by atoms with Crippen LogP contribution in [-0.2, 0) is 5.41 Å². The van der Waals surface area contributed by atoms with E-state index in [1.165, 1.54) is 19.1 Å². The molecule has 0 atom stereocenters. The number of rotatable bonds is 2.